The van der Waals surface area contributed by atoms with E-state index in [-0.39, 0.29) is 70.3 Å². The summed E-state index contributed by atoms with van der Waals surface area (Å²) in [6.45, 7) is 3.91. The summed E-state index contributed by atoms with van der Waals surface area (Å²) in [6.07, 6.45) is -1.68. The number of nitrogens with zero attached hydrogens (tertiary/aromatic N) is 2. The van der Waals surface area contributed by atoms with Crippen molar-refractivity contribution < 1.29 is 28.6 Å². The van der Waals surface area contributed by atoms with Crippen molar-refractivity contribution in [2.45, 2.75) is 38.9 Å². The standard InChI is InChI=1S/C21H23FN2O5S.3H2S/c1-11(2)8-13(9-16(25)17-18(29-17)20(27)28)19(26)24(3)21-23-15(10-30-21)12-4-6-14(22)7-5-12;;;/h4-7,10-11,13,17-18H,8-9H2,1-3H3,(H,27,28);3*1H2/t13-,17-,18+;;;/m1.../s1. The highest BCUT2D eigenvalue weighted by molar-refractivity contribution is 7.59. The number of hydrogen-bond acceptors (Lipinski definition) is 6. The van der Waals surface area contributed by atoms with Crippen molar-refractivity contribution in [1.29, 1.82) is 0 Å². The van der Waals surface area contributed by atoms with Crippen LogP contribution in [0.5, 0.6) is 0 Å². The topological polar surface area (TPSA) is 100 Å². The van der Waals surface area contributed by atoms with Gasteiger partial charge in [-0.25, -0.2) is 14.2 Å². The van der Waals surface area contributed by atoms with Crippen molar-refractivity contribution in [3.05, 3.63) is 35.5 Å². The summed E-state index contributed by atoms with van der Waals surface area (Å²) in [4.78, 5) is 42.3. The smallest absolute Gasteiger partial charge is 0.336 e. The Hall–Kier alpha value is -1.60. The molecular formula is C21H29FN2O5S4. The van der Waals surface area contributed by atoms with E-state index in [4.69, 9.17) is 9.84 Å². The van der Waals surface area contributed by atoms with E-state index in [2.05, 4.69) is 4.98 Å². The molecule has 3 atom stereocenters. The highest BCUT2D eigenvalue weighted by Crippen LogP contribution is 2.31. The molecule has 0 bridgehead atoms. The molecule has 12 heteroatoms. The molecule has 0 spiro atoms. The lowest BCUT2D eigenvalue weighted by molar-refractivity contribution is -0.138. The molecule has 1 aromatic carbocycles. The first-order chi connectivity index (χ1) is 14.2. The lowest BCUT2D eigenvalue weighted by atomic mass is 9.90. The van der Waals surface area contributed by atoms with Gasteiger partial charge in [0, 0.05) is 30.3 Å². The number of aromatic nitrogens is 1. The number of carbonyl (C=O) groups excluding carboxylic acids is 2. The minimum absolute atomic E-state index is 0. The van der Waals surface area contributed by atoms with Gasteiger partial charge in [0.05, 0.1) is 5.69 Å². The molecule has 2 heterocycles. The SMILES string of the molecule is CC(C)C[C@H](CC(=O)[C@H]1O[C@@H]1C(=O)O)C(=O)N(C)c1nc(-c2ccc(F)cc2)cs1.S.S.S. The molecule has 0 aliphatic carbocycles. The third-order valence-electron chi connectivity index (χ3n) is 4.85. The number of halogens is 1. The van der Waals surface area contributed by atoms with Crippen LogP contribution in [0, 0.1) is 17.7 Å². The van der Waals surface area contributed by atoms with Crippen molar-refractivity contribution in [2.24, 2.45) is 11.8 Å². The Bertz CT molecular complexity index is 954. The normalized spacial score (nSPS) is 17.1. The van der Waals surface area contributed by atoms with Crippen LogP contribution in [0.3, 0.4) is 0 Å². The number of thiazole rings is 1. The highest BCUT2D eigenvalue weighted by atomic mass is 32.1. The summed E-state index contributed by atoms with van der Waals surface area (Å²) in [5, 5.41) is 11.2. The predicted octanol–water partition coefficient (Wildman–Crippen LogP) is 3.72. The maximum Gasteiger partial charge on any atom is 0.336 e. The molecule has 0 saturated carbocycles. The van der Waals surface area contributed by atoms with E-state index in [0.717, 1.165) is 5.56 Å². The fourth-order valence-electron chi connectivity index (χ4n) is 3.28. The number of ketones is 1. The van der Waals surface area contributed by atoms with Gasteiger partial charge in [0.2, 0.25) is 5.91 Å². The third-order valence-corrected chi connectivity index (χ3v) is 5.77. The van der Waals surface area contributed by atoms with Crippen molar-refractivity contribution in [2.75, 3.05) is 11.9 Å². The quantitative estimate of drug-likeness (QED) is 0.491. The van der Waals surface area contributed by atoms with Crippen LogP contribution in [-0.4, -0.2) is 47.0 Å². The minimum Gasteiger partial charge on any atom is -0.479 e. The van der Waals surface area contributed by atoms with Crippen LogP contribution in [0.15, 0.2) is 29.6 Å². The zero-order chi connectivity index (χ0) is 22.0. The first kappa shape index (κ1) is 31.4. The molecule has 2 aromatic rings. The molecule has 1 aromatic heterocycles. The van der Waals surface area contributed by atoms with E-state index < -0.39 is 24.1 Å². The van der Waals surface area contributed by atoms with Gasteiger partial charge >= 0.3 is 5.97 Å². The van der Waals surface area contributed by atoms with Crippen molar-refractivity contribution in [3.8, 4) is 11.3 Å². The lowest BCUT2D eigenvalue weighted by Gasteiger charge is -2.22. The maximum atomic E-state index is 13.1. The molecule has 3 rings (SSSR count). The number of anilines is 1. The summed E-state index contributed by atoms with van der Waals surface area (Å²) in [7, 11) is 1.60. The molecule has 184 valence electrons. The number of carbonyl (C=O) groups is 3. The van der Waals surface area contributed by atoms with Crippen LogP contribution >= 0.6 is 51.8 Å². The van der Waals surface area contributed by atoms with Crippen molar-refractivity contribution in [1.82, 2.24) is 4.98 Å². The van der Waals surface area contributed by atoms with Crippen LogP contribution in [0.25, 0.3) is 11.3 Å². The molecule has 33 heavy (non-hydrogen) atoms. The van der Waals surface area contributed by atoms with Gasteiger partial charge in [0.15, 0.2) is 23.1 Å². The minimum atomic E-state index is -1.17. The Morgan fingerprint density at radius 1 is 1.15 bits per heavy atom. The van der Waals surface area contributed by atoms with Gasteiger partial charge in [0.1, 0.15) is 5.82 Å². The predicted molar refractivity (Wildman–Crippen MR) is 141 cm³/mol. The number of amides is 1. The molecule has 1 fully saturated rings. The van der Waals surface area contributed by atoms with E-state index in [9.17, 15) is 18.8 Å². The summed E-state index contributed by atoms with van der Waals surface area (Å²) in [5.74, 6) is -2.58. The summed E-state index contributed by atoms with van der Waals surface area (Å²) in [5.41, 5.74) is 1.36. The van der Waals surface area contributed by atoms with Gasteiger partial charge in [0.25, 0.3) is 0 Å². The first-order valence-electron chi connectivity index (χ1n) is 9.57. The number of aliphatic carboxylic acids is 1. The highest BCUT2D eigenvalue weighted by Gasteiger charge is 2.50. The number of ether oxygens (including phenoxy) is 1. The van der Waals surface area contributed by atoms with E-state index in [1.807, 2.05) is 13.8 Å². The van der Waals surface area contributed by atoms with Gasteiger partial charge in [-0.15, -0.1) is 11.3 Å². The van der Waals surface area contributed by atoms with Gasteiger partial charge in [-0.3, -0.25) is 14.5 Å². The number of benzene rings is 1. The van der Waals surface area contributed by atoms with Crippen LogP contribution in [0.4, 0.5) is 9.52 Å². The van der Waals surface area contributed by atoms with Crippen molar-refractivity contribution in [3.63, 3.8) is 0 Å². The van der Waals surface area contributed by atoms with E-state index in [0.29, 0.717) is 17.2 Å². The second kappa shape index (κ2) is 13.3. The number of epoxide rings is 1. The monoisotopic (exact) mass is 536 g/mol. The van der Waals surface area contributed by atoms with E-state index in [1.165, 1.54) is 28.4 Å². The molecule has 1 aliphatic heterocycles. The number of carboxylic acid groups (broad SMARTS) is 1. The van der Waals surface area contributed by atoms with Crippen LogP contribution in [-0.2, 0) is 19.1 Å². The summed E-state index contributed by atoms with van der Waals surface area (Å²) >= 11 is 1.28. The average molecular weight is 537 g/mol. The lowest BCUT2D eigenvalue weighted by Crippen LogP contribution is -2.35. The zero-order valence-corrected chi connectivity index (χ0v) is 22.2. The molecule has 1 saturated heterocycles. The maximum absolute atomic E-state index is 13.1. The Kier molecular flexibility index (Phi) is 12.7. The fourth-order valence-corrected chi connectivity index (χ4v) is 4.09. The van der Waals surface area contributed by atoms with Crippen LogP contribution in [0.1, 0.15) is 26.7 Å². The van der Waals surface area contributed by atoms with E-state index in [1.54, 1.807) is 24.6 Å². The number of carboxylic acids is 1. The molecule has 1 amide bonds. The van der Waals surface area contributed by atoms with Gasteiger partial charge in [-0.2, -0.15) is 40.5 Å². The summed E-state index contributed by atoms with van der Waals surface area (Å²) < 4.78 is 18.0. The zero-order valence-electron chi connectivity index (χ0n) is 18.4. The third kappa shape index (κ3) is 7.99. The van der Waals surface area contributed by atoms with Crippen molar-refractivity contribution >= 4 is 74.6 Å². The Morgan fingerprint density at radius 3 is 2.27 bits per heavy atom. The molecule has 7 nitrogen and oxygen atoms in total. The first-order valence-corrected chi connectivity index (χ1v) is 10.4. The number of rotatable bonds is 9. The van der Waals surface area contributed by atoms with E-state index >= 15 is 0 Å². The Labute approximate surface area is 217 Å². The van der Waals surface area contributed by atoms with Crippen LogP contribution < -0.4 is 4.90 Å². The number of hydrogen-bond donors (Lipinski definition) is 1. The largest absolute Gasteiger partial charge is 0.479 e. The molecule has 0 radical (unpaired) electrons. The van der Waals surface area contributed by atoms with Crippen LogP contribution in [0.2, 0.25) is 0 Å². The average Bonchev–Trinajstić information content (AvgIpc) is 3.36. The second-order valence-corrected chi connectivity index (χ2v) is 8.57. The molecule has 1 aliphatic rings. The fraction of sp³-hybridized carbons (Fsp3) is 0.429. The molecule has 0 unspecified atom stereocenters. The number of Topliss-reactive ketones (excluding diaryl/α,β-unsaturated/α-hetero) is 1. The molecule has 1 N–H and O–H groups in total. The molecular weight excluding hydrogens is 508 g/mol. The Morgan fingerprint density at radius 2 is 1.76 bits per heavy atom. The van der Waals surface area contributed by atoms with Gasteiger partial charge in [-0.1, -0.05) is 13.8 Å². The van der Waals surface area contributed by atoms with Gasteiger partial charge < -0.3 is 9.84 Å². The summed E-state index contributed by atoms with van der Waals surface area (Å²) in [6, 6.07) is 5.92. The Balaban J connectivity index is 0.00000341. The second-order valence-electron chi connectivity index (χ2n) is 7.73. The van der Waals surface area contributed by atoms with Gasteiger partial charge in [-0.05, 0) is 36.6 Å².